The van der Waals surface area contributed by atoms with Crippen molar-refractivity contribution in [1.82, 2.24) is 10.6 Å². The van der Waals surface area contributed by atoms with Gasteiger partial charge in [-0.2, -0.15) is 5.26 Å². The van der Waals surface area contributed by atoms with Crippen LogP contribution in [0.3, 0.4) is 0 Å². The summed E-state index contributed by atoms with van der Waals surface area (Å²) in [5.41, 5.74) is 2.89. The van der Waals surface area contributed by atoms with Crippen molar-refractivity contribution in [2.24, 2.45) is 4.99 Å². The summed E-state index contributed by atoms with van der Waals surface area (Å²) in [7, 11) is 1.65. The molecule has 0 bridgehead atoms. The predicted octanol–water partition coefficient (Wildman–Crippen LogP) is 3.65. The van der Waals surface area contributed by atoms with Crippen molar-refractivity contribution < 1.29 is 9.47 Å². The number of hydrogen-bond acceptors (Lipinski definition) is 4. The molecule has 2 aromatic rings. The van der Waals surface area contributed by atoms with Crippen LogP contribution in [0.2, 0.25) is 0 Å². The summed E-state index contributed by atoms with van der Waals surface area (Å²) in [6, 6.07) is 15.8. The second-order valence-corrected chi connectivity index (χ2v) is 6.46. The normalized spacial score (nSPS) is 10.9. The van der Waals surface area contributed by atoms with Gasteiger partial charge in [0.15, 0.2) is 17.5 Å². The fraction of sp³-hybridized carbons (Fsp3) is 0.391. The highest BCUT2D eigenvalue weighted by Crippen LogP contribution is 2.28. The molecule has 0 aliphatic rings. The lowest BCUT2D eigenvalue weighted by Crippen LogP contribution is -2.37. The van der Waals surface area contributed by atoms with E-state index in [1.165, 1.54) is 5.56 Å². The van der Waals surface area contributed by atoms with Crippen molar-refractivity contribution in [3.63, 3.8) is 0 Å². The maximum Gasteiger partial charge on any atom is 0.191 e. The smallest absolute Gasteiger partial charge is 0.191 e. The molecule has 0 aromatic heterocycles. The summed E-state index contributed by atoms with van der Waals surface area (Å²) in [5.74, 6) is 2.32. The lowest BCUT2D eigenvalue weighted by Gasteiger charge is -2.13. The van der Waals surface area contributed by atoms with E-state index in [0.717, 1.165) is 49.0 Å². The standard InChI is InChI=1S/C23H30N4O2/c1-4-25-23(27-17-20-9-6-8-19(14-20)16-24)26-13-7-10-18-11-12-21(28-3)22(15-18)29-5-2/h6,8-9,11-12,14-15H,4-5,7,10,13,17H2,1-3H3,(H2,25,26,27). The van der Waals surface area contributed by atoms with Crippen molar-refractivity contribution in [2.45, 2.75) is 33.2 Å². The molecule has 2 rings (SSSR count). The van der Waals surface area contributed by atoms with Crippen molar-refractivity contribution in [3.05, 3.63) is 59.2 Å². The zero-order chi connectivity index (χ0) is 20.9. The summed E-state index contributed by atoms with van der Waals surface area (Å²) < 4.78 is 11.0. The fourth-order valence-corrected chi connectivity index (χ4v) is 2.90. The van der Waals surface area contributed by atoms with Crippen molar-refractivity contribution in [3.8, 4) is 17.6 Å². The summed E-state index contributed by atoms with van der Waals surface area (Å²) >= 11 is 0. The van der Waals surface area contributed by atoms with Gasteiger partial charge in [0.05, 0.1) is 31.9 Å². The molecule has 0 unspecified atom stereocenters. The van der Waals surface area contributed by atoms with Gasteiger partial charge in [0.2, 0.25) is 0 Å². The Morgan fingerprint density at radius 2 is 1.93 bits per heavy atom. The molecule has 0 heterocycles. The number of nitriles is 1. The van der Waals surface area contributed by atoms with Crippen molar-refractivity contribution in [1.29, 1.82) is 5.26 Å². The summed E-state index contributed by atoms with van der Waals surface area (Å²) in [5, 5.41) is 15.6. The number of ether oxygens (including phenoxy) is 2. The SMILES string of the molecule is CCNC(=NCc1cccc(C#N)c1)NCCCc1ccc(OC)c(OCC)c1. The second kappa shape index (κ2) is 12.3. The van der Waals surface area contributed by atoms with Gasteiger partial charge >= 0.3 is 0 Å². The van der Waals surface area contributed by atoms with E-state index in [1.807, 2.05) is 44.2 Å². The van der Waals surface area contributed by atoms with E-state index < -0.39 is 0 Å². The highest BCUT2D eigenvalue weighted by molar-refractivity contribution is 5.79. The average molecular weight is 395 g/mol. The molecule has 0 fully saturated rings. The Labute approximate surface area is 173 Å². The molecule has 6 heteroatoms. The molecule has 0 radical (unpaired) electrons. The Bertz CT molecular complexity index is 843. The van der Waals surface area contributed by atoms with Crippen LogP contribution >= 0.6 is 0 Å². The van der Waals surface area contributed by atoms with E-state index >= 15 is 0 Å². The predicted molar refractivity (Wildman–Crippen MR) is 116 cm³/mol. The first-order valence-corrected chi connectivity index (χ1v) is 10.0. The van der Waals surface area contributed by atoms with Gasteiger partial charge in [-0.05, 0) is 62.1 Å². The molecule has 29 heavy (non-hydrogen) atoms. The monoisotopic (exact) mass is 394 g/mol. The third-order valence-electron chi connectivity index (χ3n) is 4.28. The van der Waals surface area contributed by atoms with Gasteiger partial charge in [0.25, 0.3) is 0 Å². The number of nitrogens with zero attached hydrogens (tertiary/aromatic N) is 2. The van der Waals surface area contributed by atoms with Crippen LogP contribution in [0.5, 0.6) is 11.5 Å². The van der Waals surface area contributed by atoms with Gasteiger partial charge in [-0.3, -0.25) is 0 Å². The number of nitrogens with one attached hydrogen (secondary N) is 2. The molecule has 0 saturated heterocycles. The maximum absolute atomic E-state index is 9.01. The van der Waals surface area contributed by atoms with Crippen molar-refractivity contribution >= 4 is 5.96 Å². The van der Waals surface area contributed by atoms with Gasteiger partial charge in [-0.1, -0.05) is 18.2 Å². The first-order valence-electron chi connectivity index (χ1n) is 10.0. The first kappa shape index (κ1) is 22.1. The molecular weight excluding hydrogens is 364 g/mol. The Morgan fingerprint density at radius 3 is 2.66 bits per heavy atom. The zero-order valence-corrected chi connectivity index (χ0v) is 17.5. The highest BCUT2D eigenvalue weighted by atomic mass is 16.5. The first-order chi connectivity index (χ1) is 14.2. The molecule has 0 spiro atoms. The van der Waals surface area contributed by atoms with Gasteiger partial charge in [0.1, 0.15) is 0 Å². The van der Waals surface area contributed by atoms with Gasteiger partial charge in [0, 0.05) is 13.1 Å². The van der Waals surface area contributed by atoms with Gasteiger partial charge < -0.3 is 20.1 Å². The van der Waals surface area contributed by atoms with E-state index in [1.54, 1.807) is 13.2 Å². The molecule has 0 saturated carbocycles. The minimum absolute atomic E-state index is 0.529. The number of hydrogen-bond donors (Lipinski definition) is 2. The van der Waals surface area contributed by atoms with Gasteiger partial charge in [-0.25, -0.2) is 4.99 Å². The van der Waals surface area contributed by atoms with Crippen LogP contribution in [0.4, 0.5) is 0 Å². The average Bonchev–Trinajstić information content (AvgIpc) is 2.75. The van der Waals surface area contributed by atoms with Crippen LogP contribution in [-0.2, 0) is 13.0 Å². The number of aryl methyl sites for hydroxylation is 1. The van der Waals surface area contributed by atoms with Crippen LogP contribution < -0.4 is 20.1 Å². The van der Waals surface area contributed by atoms with Crippen LogP contribution in [0, 0.1) is 11.3 Å². The van der Waals surface area contributed by atoms with E-state index in [-0.39, 0.29) is 0 Å². The molecule has 2 aromatic carbocycles. The fourth-order valence-electron chi connectivity index (χ4n) is 2.90. The van der Waals surface area contributed by atoms with E-state index in [0.29, 0.717) is 18.7 Å². The third-order valence-corrected chi connectivity index (χ3v) is 4.28. The Morgan fingerprint density at radius 1 is 1.07 bits per heavy atom. The largest absolute Gasteiger partial charge is 0.493 e. The Hall–Kier alpha value is -3.20. The number of rotatable bonds is 10. The number of benzene rings is 2. The van der Waals surface area contributed by atoms with E-state index in [9.17, 15) is 0 Å². The van der Waals surface area contributed by atoms with Crippen LogP contribution in [0.1, 0.15) is 37.0 Å². The summed E-state index contributed by atoms with van der Waals surface area (Å²) in [6.07, 6.45) is 1.90. The number of aliphatic imine (C=N–C) groups is 1. The Balaban J connectivity index is 1.87. The van der Waals surface area contributed by atoms with Gasteiger partial charge in [-0.15, -0.1) is 0 Å². The zero-order valence-electron chi connectivity index (χ0n) is 17.5. The molecule has 0 aliphatic carbocycles. The van der Waals surface area contributed by atoms with Crippen LogP contribution in [0.15, 0.2) is 47.5 Å². The third kappa shape index (κ3) is 7.38. The minimum atomic E-state index is 0.529. The lowest BCUT2D eigenvalue weighted by molar-refractivity contribution is 0.310. The van der Waals surface area contributed by atoms with E-state index in [4.69, 9.17) is 14.7 Å². The van der Waals surface area contributed by atoms with E-state index in [2.05, 4.69) is 27.8 Å². The molecule has 6 nitrogen and oxygen atoms in total. The second-order valence-electron chi connectivity index (χ2n) is 6.46. The molecule has 0 amide bonds. The minimum Gasteiger partial charge on any atom is -0.493 e. The molecule has 2 N–H and O–H groups in total. The molecular formula is C23H30N4O2. The highest BCUT2D eigenvalue weighted by Gasteiger charge is 2.05. The lowest BCUT2D eigenvalue weighted by atomic mass is 10.1. The Kier molecular flexibility index (Phi) is 9.37. The molecule has 154 valence electrons. The van der Waals surface area contributed by atoms with Crippen molar-refractivity contribution in [2.75, 3.05) is 26.8 Å². The summed E-state index contributed by atoms with van der Waals surface area (Å²) in [4.78, 5) is 4.61. The molecule has 0 aliphatic heterocycles. The number of methoxy groups -OCH3 is 1. The maximum atomic E-state index is 9.01. The number of guanidine groups is 1. The molecule has 0 atom stereocenters. The summed E-state index contributed by atoms with van der Waals surface area (Å²) in [6.45, 7) is 6.75. The van der Waals surface area contributed by atoms with Crippen LogP contribution in [-0.4, -0.2) is 32.8 Å². The topological polar surface area (TPSA) is 78.7 Å². The van der Waals surface area contributed by atoms with Crippen LogP contribution in [0.25, 0.3) is 0 Å². The quantitative estimate of drug-likeness (QED) is 0.365.